The Bertz CT molecular complexity index is 581. The highest BCUT2D eigenvalue weighted by Gasteiger charge is 2.19. The van der Waals surface area contributed by atoms with Crippen LogP contribution in [0.25, 0.3) is 0 Å². The van der Waals surface area contributed by atoms with Gasteiger partial charge in [0.2, 0.25) is 0 Å². The second-order valence-corrected chi connectivity index (χ2v) is 4.94. The zero-order valence-corrected chi connectivity index (χ0v) is 12.1. The fourth-order valence-electron chi connectivity index (χ4n) is 2.06. The number of rotatable bonds is 5. The topological polar surface area (TPSA) is 29.5 Å². The van der Waals surface area contributed by atoms with Crippen molar-refractivity contribution in [2.45, 2.75) is 19.9 Å². The van der Waals surface area contributed by atoms with Gasteiger partial charge >= 0.3 is 0 Å². The van der Waals surface area contributed by atoms with Gasteiger partial charge in [-0.2, -0.15) is 0 Å². The quantitative estimate of drug-likeness (QED) is 0.840. The van der Waals surface area contributed by atoms with E-state index in [-0.39, 0.29) is 24.4 Å². The van der Waals surface area contributed by atoms with Gasteiger partial charge in [0.25, 0.3) is 5.91 Å². The van der Waals surface area contributed by atoms with Crippen molar-refractivity contribution in [3.63, 3.8) is 0 Å². The standard InChI is InChI=1S/C17H18FNO2/c1-13(2)19(15-6-4-3-5-7-15)17(20)12-21-16-10-8-14(18)9-11-16/h3-11,13H,12H2,1-2H3. The number of para-hydroxylation sites is 1. The lowest BCUT2D eigenvalue weighted by Gasteiger charge is -2.26. The van der Waals surface area contributed by atoms with Crippen LogP contribution in [-0.4, -0.2) is 18.6 Å². The lowest BCUT2D eigenvalue weighted by Crippen LogP contribution is -2.40. The van der Waals surface area contributed by atoms with E-state index < -0.39 is 0 Å². The van der Waals surface area contributed by atoms with Crippen molar-refractivity contribution in [3.8, 4) is 5.75 Å². The molecule has 0 spiro atoms. The van der Waals surface area contributed by atoms with Gasteiger partial charge in [0.15, 0.2) is 6.61 Å². The number of hydrogen-bond donors (Lipinski definition) is 0. The van der Waals surface area contributed by atoms with E-state index in [2.05, 4.69) is 0 Å². The Balaban J connectivity index is 2.04. The molecule has 0 bridgehead atoms. The van der Waals surface area contributed by atoms with Crippen molar-refractivity contribution in [2.24, 2.45) is 0 Å². The molecule has 1 amide bonds. The minimum absolute atomic E-state index is 0.0247. The second-order valence-electron chi connectivity index (χ2n) is 4.94. The predicted octanol–water partition coefficient (Wildman–Crippen LogP) is 3.65. The van der Waals surface area contributed by atoms with Crippen LogP contribution in [0.2, 0.25) is 0 Å². The van der Waals surface area contributed by atoms with E-state index in [4.69, 9.17) is 4.74 Å². The van der Waals surface area contributed by atoms with Crippen LogP contribution in [0.1, 0.15) is 13.8 Å². The third kappa shape index (κ3) is 4.05. The third-order valence-electron chi connectivity index (χ3n) is 3.00. The van der Waals surface area contributed by atoms with Crippen LogP contribution in [0.5, 0.6) is 5.75 Å². The number of amides is 1. The lowest BCUT2D eigenvalue weighted by atomic mass is 10.2. The first-order valence-electron chi connectivity index (χ1n) is 6.83. The van der Waals surface area contributed by atoms with Crippen molar-refractivity contribution in [2.75, 3.05) is 11.5 Å². The first-order chi connectivity index (χ1) is 10.1. The molecule has 2 aromatic rings. The Morgan fingerprint density at radius 3 is 2.29 bits per heavy atom. The van der Waals surface area contributed by atoms with Gasteiger partial charge in [0, 0.05) is 11.7 Å². The first-order valence-corrected chi connectivity index (χ1v) is 6.83. The average Bonchev–Trinajstić information content (AvgIpc) is 2.47. The molecule has 4 heteroatoms. The summed E-state index contributed by atoms with van der Waals surface area (Å²) in [7, 11) is 0. The van der Waals surface area contributed by atoms with Gasteiger partial charge in [-0.1, -0.05) is 18.2 Å². The summed E-state index contributed by atoms with van der Waals surface area (Å²) in [5, 5.41) is 0. The molecule has 2 rings (SSSR count). The summed E-state index contributed by atoms with van der Waals surface area (Å²) in [6.45, 7) is 3.81. The fourth-order valence-corrected chi connectivity index (χ4v) is 2.06. The molecule has 0 heterocycles. The molecular weight excluding hydrogens is 269 g/mol. The largest absolute Gasteiger partial charge is 0.484 e. The van der Waals surface area contributed by atoms with Crippen LogP contribution in [0.4, 0.5) is 10.1 Å². The molecule has 3 nitrogen and oxygen atoms in total. The molecule has 0 aliphatic rings. The van der Waals surface area contributed by atoms with Crippen molar-refractivity contribution in [1.82, 2.24) is 0 Å². The van der Waals surface area contributed by atoms with E-state index in [0.717, 1.165) is 5.69 Å². The minimum atomic E-state index is -0.332. The maximum atomic E-state index is 12.8. The van der Waals surface area contributed by atoms with Crippen LogP contribution >= 0.6 is 0 Å². The van der Waals surface area contributed by atoms with Crippen molar-refractivity contribution >= 4 is 11.6 Å². The van der Waals surface area contributed by atoms with E-state index in [9.17, 15) is 9.18 Å². The molecule has 0 fully saturated rings. The maximum Gasteiger partial charge on any atom is 0.265 e. The summed E-state index contributed by atoms with van der Waals surface area (Å²) in [4.78, 5) is 14.0. The molecule has 21 heavy (non-hydrogen) atoms. The maximum absolute atomic E-state index is 12.8. The number of anilines is 1. The van der Waals surface area contributed by atoms with Gasteiger partial charge in [-0.25, -0.2) is 4.39 Å². The zero-order chi connectivity index (χ0) is 15.2. The number of carbonyl (C=O) groups excluding carboxylic acids is 1. The Hall–Kier alpha value is -2.36. The molecule has 0 aromatic heterocycles. The molecule has 0 aliphatic carbocycles. The number of carbonyl (C=O) groups is 1. The monoisotopic (exact) mass is 287 g/mol. The summed E-state index contributed by atoms with van der Waals surface area (Å²) >= 11 is 0. The highest BCUT2D eigenvalue weighted by atomic mass is 19.1. The van der Waals surface area contributed by atoms with Gasteiger partial charge in [-0.05, 0) is 50.2 Å². The average molecular weight is 287 g/mol. The lowest BCUT2D eigenvalue weighted by molar-refractivity contribution is -0.120. The molecule has 0 saturated heterocycles. The summed E-state index contributed by atoms with van der Waals surface area (Å²) in [6, 6.07) is 15.1. The smallest absolute Gasteiger partial charge is 0.265 e. The van der Waals surface area contributed by atoms with Gasteiger partial charge in [0.05, 0.1) is 0 Å². The normalized spacial score (nSPS) is 10.5. The highest BCUT2D eigenvalue weighted by molar-refractivity contribution is 5.94. The molecule has 0 unspecified atom stereocenters. The van der Waals surface area contributed by atoms with Crippen molar-refractivity contribution in [3.05, 3.63) is 60.4 Å². The summed E-state index contributed by atoms with van der Waals surface area (Å²) in [6.07, 6.45) is 0. The molecule has 0 atom stereocenters. The summed E-state index contributed by atoms with van der Waals surface area (Å²) in [5.74, 6) is 0.00353. The van der Waals surface area contributed by atoms with E-state index >= 15 is 0 Å². The van der Waals surface area contributed by atoms with Crippen LogP contribution in [0.15, 0.2) is 54.6 Å². The second kappa shape index (κ2) is 6.88. The molecule has 0 N–H and O–H groups in total. The molecule has 110 valence electrons. The Morgan fingerprint density at radius 2 is 1.71 bits per heavy atom. The number of ether oxygens (including phenoxy) is 1. The fraction of sp³-hybridized carbons (Fsp3) is 0.235. The van der Waals surface area contributed by atoms with E-state index in [1.54, 1.807) is 4.90 Å². The van der Waals surface area contributed by atoms with E-state index in [1.807, 2.05) is 44.2 Å². The third-order valence-corrected chi connectivity index (χ3v) is 3.00. The number of hydrogen-bond acceptors (Lipinski definition) is 2. The zero-order valence-electron chi connectivity index (χ0n) is 12.1. The van der Waals surface area contributed by atoms with Gasteiger partial charge in [-0.3, -0.25) is 4.79 Å². The SMILES string of the molecule is CC(C)N(C(=O)COc1ccc(F)cc1)c1ccccc1. The molecule has 2 aromatic carbocycles. The molecular formula is C17H18FNO2. The van der Waals surface area contributed by atoms with Crippen LogP contribution < -0.4 is 9.64 Å². The van der Waals surface area contributed by atoms with Crippen molar-refractivity contribution < 1.29 is 13.9 Å². The number of halogens is 1. The van der Waals surface area contributed by atoms with Gasteiger partial charge in [-0.15, -0.1) is 0 Å². The molecule has 0 saturated carbocycles. The predicted molar refractivity (Wildman–Crippen MR) is 81.0 cm³/mol. The van der Waals surface area contributed by atoms with Crippen LogP contribution in [-0.2, 0) is 4.79 Å². The summed E-state index contributed by atoms with van der Waals surface area (Å²) < 4.78 is 18.2. The number of benzene rings is 2. The Kier molecular flexibility index (Phi) is 4.93. The van der Waals surface area contributed by atoms with Gasteiger partial charge in [0.1, 0.15) is 11.6 Å². The highest BCUT2D eigenvalue weighted by Crippen LogP contribution is 2.17. The molecule has 0 aliphatic heterocycles. The van der Waals surface area contributed by atoms with Crippen molar-refractivity contribution in [1.29, 1.82) is 0 Å². The Morgan fingerprint density at radius 1 is 1.10 bits per heavy atom. The van der Waals surface area contributed by atoms with Crippen LogP contribution in [0, 0.1) is 5.82 Å². The van der Waals surface area contributed by atoms with E-state index in [0.29, 0.717) is 5.75 Å². The van der Waals surface area contributed by atoms with Gasteiger partial charge < -0.3 is 9.64 Å². The first kappa shape index (κ1) is 15.0. The summed E-state index contributed by atoms with van der Waals surface area (Å²) in [5.41, 5.74) is 0.834. The number of nitrogens with zero attached hydrogens (tertiary/aromatic N) is 1. The molecule has 0 radical (unpaired) electrons. The minimum Gasteiger partial charge on any atom is -0.484 e. The van der Waals surface area contributed by atoms with E-state index in [1.165, 1.54) is 24.3 Å². The Labute approximate surface area is 124 Å². The van der Waals surface area contributed by atoms with Crippen LogP contribution in [0.3, 0.4) is 0 Å².